The van der Waals surface area contributed by atoms with Crippen LogP contribution in [0.4, 0.5) is 0 Å². The molecule has 0 unspecified atom stereocenters. The van der Waals surface area contributed by atoms with Crippen LogP contribution in [0.25, 0.3) is 0 Å². The van der Waals surface area contributed by atoms with Crippen LogP contribution in [-0.2, 0) is 14.8 Å². The number of hydrogen-bond acceptors (Lipinski definition) is 5. The summed E-state index contributed by atoms with van der Waals surface area (Å²) in [5, 5.41) is 0.680. The van der Waals surface area contributed by atoms with E-state index in [1.807, 2.05) is 4.90 Å². The van der Waals surface area contributed by atoms with E-state index < -0.39 is 10.0 Å². The van der Waals surface area contributed by atoms with E-state index in [9.17, 15) is 13.2 Å². The maximum atomic E-state index is 12.5. The van der Waals surface area contributed by atoms with Crippen molar-refractivity contribution in [1.82, 2.24) is 14.2 Å². The molecule has 0 spiro atoms. The molecule has 0 bridgehead atoms. The van der Waals surface area contributed by atoms with E-state index in [-0.39, 0.29) is 10.8 Å². The van der Waals surface area contributed by atoms with Gasteiger partial charge in [-0.15, -0.1) is 0 Å². The molecule has 2 aliphatic heterocycles. The Labute approximate surface area is 154 Å². The molecule has 2 fully saturated rings. The molecular weight excluding hydrogens is 358 g/mol. The highest BCUT2D eigenvalue weighted by molar-refractivity contribution is 7.99. The van der Waals surface area contributed by atoms with E-state index in [0.29, 0.717) is 29.8 Å². The summed E-state index contributed by atoms with van der Waals surface area (Å²) < 4.78 is 26.4. The van der Waals surface area contributed by atoms with Crippen molar-refractivity contribution in [2.24, 2.45) is 5.92 Å². The highest BCUT2D eigenvalue weighted by Crippen LogP contribution is 2.23. The molecule has 1 amide bonds. The van der Waals surface area contributed by atoms with Gasteiger partial charge in [0.05, 0.1) is 10.8 Å². The van der Waals surface area contributed by atoms with Gasteiger partial charge < -0.3 is 4.90 Å². The van der Waals surface area contributed by atoms with Gasteiger partial charge in [0, 0.05) is 32.4 Å². The van der Waals surface area contributed by atoms with E-state index in [1.54, 1.807) is 12.1 Å². The molecule has 2 saturated heterocycles. The fourth-order valence-corrected chi connectivity index (χ4v) is 5.38. The average Bonchev–Trinajstić information content (AvgIpc) is 3.16. The maximum absolute atomic E-state index is 12.5. The molecule has 8 heteroatoms. The molecule has 0 atom stereocenters. The number of piperidine rings is 1. The average molecular weight is 384 g/mol. The monoisotopic (exact) mass is 383 g/mol. The molecule has 2 aliphatic rings. The third-order valence-corrected chi connectivity index (χ3v) is 7.70. The molecule has 0 saturated carbocycles. The maximum Gasteiger partial charge on any atom is 0.244 e. The zero-order chi connectivity index (χ0) is 17.9. The van der Waals surface area contributed by atoms with Gasteiger partial charge in [0.2, 0.25) is 15.9 Å². The number of carbonyl (C=O) groups excluding carboxylic acids is 1. The lowest BCUT2D eigenvalue weighted by Crippen LogP contribution is -2.38. The molecule has 1 aromatic rings. The Hall–Kier alpha value is -1.12. The predicted octanol–water partition coefficient (Wildman–Crippen LogP) is 2.22. The minimum Gasteiger partial charge on any atom is -0.342 e. The number of thioether (sulfide) groups is 1. The number of amides is 1. The van der Waals surface area contributed by atoms with Gasteiger partial charge in [-0.25, -0.2) is 13.4 Å². The Kier molecular flexibility index (Phi) is 6.01. The number of rotatable bonds is 5. The van der Waals surface area contributed by atoms with Crippen molar-refractivity contribution in [2.75, 3.05) is 31.9 Å². The predicted molar refractivity (Wildman–Crippen MR) is 97.9 cm³/mol. The third-order valence-electron chi connectivity index (χ3n) is 4.89. The van der Waals surface area contributed by atoms with Crippen LogP contribution >= 0.6 is 11.8 Å². The number of aromatic nitrogens is 1. The number of sulfonamides is 1. The first-order valence-corrected chi connectivity index (χ1v) is 11.3. The van der Waals surface area contributed by atoms with E-state index in [2.05, 4.69) is 11.9 Å². The SMILES string of the molecule is CC1CCN(C(=O)CSc2ccc(S(=O)(=O)N3CCCC3)cn2)CC1. The number of carbonyl (C=O) groups is 1. The van der Waals surface area contributed by atoms with E-state index in [1.165, 1.54) is 22.3 Å². The lowest BCUT2D eigenvalue weighted by molar-refractivity contribution is -0.129. The zero-order valence-electron chi connectivity index (χ0n) is 14.6. The minimum atomic E-state index is -3.42. The molecule has 3 heterocycles. The smallest absolute Gasteiger partial charge is 0.244 e. The van der Waals surface area contributed by atoms with Crippen molar-refractivity contribution in [3.05, 3.63) is 18.3 Å². The largest absolute Gasteiger partial charge is 0.342 e. The molecule has 25 heavy (non-hydrogen) atoms. The van der Waals surface area contributed by atoms with Gasteiger partial charge in [-0.2, -0.15) is 4.31 Å². The Morgan fingerprint density at radius 1 is 1.20 bits per heavy atom. The first kappa shape index (κ1) is 18.7. The Bertz CT molecular complexity index is 692. The summed E-state index contributed by atoms with van der Waals surface area (Å²) in [5.74, 6) is 1.18. The molecule has 0 radical (unpaired) electrons. The lowest BCUT2D eigenvalue weighted by atomic mass is 9.99. The summed E-state index contributed by atoms with van der Waals surface area (Å²) in [6, 6.07) is 3.29. The topological polar surface area (TPSA) is 70.6 Å². The number of likely N-dealkylation sites (tertiary alicyclic amines) is 1. The lowest BCUT2D eigenvalue weighted by Gasteiger charge is -2.30. The van der Waals surface area contributed by atoms with Gasteiger partial charge >= 0.3 is 0 Å². The fraction of sp³-hybridized carbons (Fsp3) is 0.647. The number of nitrogens with zero attached hydrogens (tertiary/aromatic N) is 3. The van der Waals surface area contributed by atoms with Crippen LogP contribution in [0.15, 0.2) is 28.3 Å². The third kappa shape index (κ3) is 4.54. The van der Waals surface area contributed by atoms with Gasteiger partial charge in [0.1, 0.15) is 4.90 Å². The molecule has 6 nitrogen and oxygen atoms in total. The summed E-state index contributed by atoms with van der Waals surface area (Å²) in [6.45, 7) is 5.06. The molecular formula is C17H25N3O3S2. The van der Waals surface area contributed by atoms with Crippen LogP contribution in [0.1, 0.15) is 32.6 Å². The van der Waals surface area contributed by atoms with Crippen molar-refractivity contribution in [3.8, 4) is 0 Å². The van der Waals surface area contributed by atoms with Crippen LogP contribution in [0.5, 0.6) is 0 Å². The van der Waals surface area contributed by atoms with Gasteiger partial charge in [-0.05, 0) is 43.7 Å². The van der Waals surface area contributed by atoms with Crippen molar-refractivity contribution in [1.29, 1.82) is 0 Å². The zero-order valence-corrected chi connectivity index (χ0v) is 16.2. The second kappa shape index (κ2) is 8.05. The van der Waals surface area contributed by atoms with Crippen LogP contribution in [0.2, 0.25) is 0 Å². The molecule has 0 N–H and O–H groups in total. The highest BCUT2D eigenvalue weighted by atomic mass is 32.2. The summed E-state index contributed by atoms with van der Waals surface area (Å²) in [5.41, 5.74) is 0. The molecule has 1 aromatic heterocycles. The minimum absolute atomic E-state index is 0.132. The molecule has 3 rings (SSSR count). The number of pyridine rings is 1. The molecule has 138 valence electrons. The Morgan fingerprint density at radius 3 is 2.48 bits per heavy atom. The normalized spacial score (nSPS) is 20.1. The second-order valence-corrected chi connectivity index (χ2v) is 9.73. The Balaban J connectivity index is 1.55. The van der Waals surface area contributed by atoms with Gasteiger partial charge in [-0.3, -0.25) is 4.79 Å². The summed E-state index contributed by atoms with van der Waals surface area (Å²) in [4.78, 5) is 18.6. The van der Waals surface area contributed by atoms with Crippen molar-refractivity contribution < 1.29 is 13.2 Å². The van der Waals surface area contributed by atoms with E-state index in [4.69, 9.17) is 0 Å². The van der Waals surface area contributed by atoms with Gasteiger partial charge in [0.25, 0.3) is 0 Å². The van der Waals surface area contributed by atoms with Crippen molar-refractivity contribution in [2.45, 2.75) is 42.5 Å². The highest BCUT2D eigenvalue weighted by Gasteiger charge is 2.27. The van der Waals surface area contributed by atoms with Crippen molar-refractivity contribution >= 4 is 27.7 Å². The second-order valence-electron chi connectivity index (χ2n) is 6.80. The van der Waals surface area contributed by atoms with E-state index >= 15 is 0 Å². The van der Waals surface area contributed by atoms with Crippen LogP contribution < -0.4 is 0 Å². The van der Waals surface area contributed by atoms with E-state index in [0.717, 1.165) is 38.8 Å². The first-order valence-electron chi connectivity index (χ1n) is 8.83. The number of hydrogen-bond donors (Lipinski definition) is 0. The Morgan fingerprint density at radius 2 is 1.88 bits per heavy atom. The summed E-state index contributed by atoms with van der Waals surface area (Å²) in [6.07, 6.45) is 5.37. The first-order chi connectivity index (χ1) is 12.0. The van der Waals surface area contributed by atoms with Gasteiger partial charge in [-0.1, -0.05) is 18.7 Å². The molecule has 0 aliphatic carbocycles. The quantitative estimate of drug-likeness (QED) is 0.729. The fourth-order valence-electron chi connectivity index (χ4n) is 3.17. The standard InChI is InChI=1S/C17H25N3O3S2/c1-14-6-10-19(11-7-14)17(21)13-24-16-5-4-15(12-18-16)25(22,23)20-8-2-3-9-20/h4-5,12,14H,2-3,6-11,13H2,1H3. The van der Waals surface area contributed by atoms with Gasteiger partial charge in [0.15, 0.2) is 0 Å². The molecule has 0 aromatic carbocycles. The van der Waals surface area contributed by atoms with Crippen LogP contribution in [0, 0.1) is 5.92 Å². The van der Waals surface area contributed by atoms with Crippen LogP contribution in [-0.4, -0.2) is 60.4 Å². The summed E-state index contributed by atoms with van der Waals surface area (Å²) >= 11 is 1.36. The summed E-state index contributed by atoms with van der Waals surface area (Å²) in [7, 11) is -3.42. The van der Waals surface area contributed by atoms with Crippen LogP contribution in [0.3, 0.4) is 0 Å². The van der Waals surface area contributed by atoms with Crippen molar-refractivity contribution in [3.63, 3.8) is 0 Å².